The van der Waals surface area contributed by atoms with Crippen LogP contribution in [0.25, 0.3) is 11.1 Å². The first-order chi connectivity index (χ1) is 11.5. The van der Waals surface area contributed by atoms with Crippen LogP contribution in [-0.4, -0.2) is 18.4 Å². The van der Waals surface area contributed by atoms with Crippen LogP contribution < -0.4 is 0 Å². The first-order valence-corrected chi connectivity index (χ1v) is 7.97. The van der Waals surface area contributed by atoms with Gasteiger partial charge >= 0.3 is 5.97 Å². The minimum absolute atomic E-state index is 0.223. The van der Waals surface area contributed by atoms with Crippen LogP contribution in [0.4, 0.5) is 4.39 Å². The number of carbonyl (C=O) groups is 2. The predicted molar refractivity (Wildman–Crippen MR) is 91.1 cm³/mol. The first kappa shape index (κ1) is 17.9. The number of Topliss-reactive ketones (excluding diaryl/α,β-unsaturated/α-hetero) is 1. The van der Waals surface area contributed by atoms with Gasteiger partial charge in [-0.1, -0.05) is 49.4 Å². The Balaban J connectivity index is 2.27. The predicted octanol–water partition coefficient (Wildman–Crippen LogP) is 4.36. The van der Waals surface area contributed by atoms with Crippen molar-refractivity contribution in [3.8, 4) is 11.1 Å². The fraction of sp³-hybridized carbons (Fsp3) is 0.300. The molecule has 0 saturated carbocycles. The molecule has 0 aliphatic heterocycles. The van der Waals surface area contributed by atoms with Crippen molar-refractivity contribution in [3.05, 3.63) is 59.9 Å². The van der Waals surface area contributed by atoms with E-state index in [0.29, 0.717) is 5.56 Å². The summed E-state index contributed by atoms with van der Waals surface area (Å²) in [5.74, 6) is -2.15. The summed E-state index contributed by atoms with van der Waals surface area (Å²) in [5, 5.41) is 0. The Hall–Kier alpha value is -2.49. The highest BCUT2D eigenvalue weighted by Crippen LogP contribution is 2.29. The molecule has 0 radical (unpaired) electrons. The lowest BCUT2D eigenvalue weighted by Gasteiger charge is -2.20. The van der Waals surface area contributed by atoms with E-state index in [4.69, 9.17) is 4.74 Å². The van der Waals surface area contributed by atoms with Crippen LogP contribution in [0, 0.1) is 11.7 Å². The van der Waals surface area contributed by atoms with Gasteiger partial charge in [0.15, 0.2) is 0 Å². The van der Waals surface area contributed by atoms with Crippen molar-refractivity contribution < 1.29 is 18.7 Å². The van der Waals surface area contributed by atoms with E-state index >= 15 is 0 Å². The average molecular weight is 328 g/mol. The van der Waals surface area contributed by atoms with Gasteiger partial charge in [0.05, 0.1) is 6.61 Å². The molecule has 126 valence electrons. The molecule has 0 aliphatic carbocycles. The van der Waals surface area contributed by atoms with Crippen molar-refractivity contribution in [1.82, 2.24) is 0 Å². The minimum atomic E-state index is -0.829. The molecule has 2 rings (SSSR count). The van der Waals surface area contributed by atoms with Crippen molar-refractivity contribution in [2.24, 2.45) is 5.92 Å². The second-order valence-electron chi connectivity index (χ2n) is 5.73. The van der Waals surface area contributed by atoms with Crippen LogP contribution in [0.15, 0.2) is 48.5 Å². The van der Waals surface area contributed by atoms with E-state index in [-0.39, 0.29) is 24.1 Å². The molecule has 0 saturated heterocycles. The van der Waals surface area contributed by atoms with Crippen molar-refractivity contribution in [3.63, 3.8) is 0 Å². The van der Waals surface area contributed by atoms with E-state index < -0.39 is 11.9 Å². The number of halogens is 1. The third-order valence-corrected chi connectivity index (χ3v) is 4.10. The van der Waals surface area contributed by atoms with Gasteiger partial charge in [-0.25, -0.2) is 4.39 Å². The van der Waals surface area contributed by atoms with Gasteiger partial charge in [-0.2, -0.15) is 0 Å². The summed E-state index contributed by atoms with van der Waals surface area (Å²) in [6.07, 6.45) is 0. The van der Waals surface area contributed by atoms with E-state index in [1.54, 1.807) is 37.3 Å². The molecule has 0 bridgehead atoms. The normalized spacial score (nSPS) is 13.2. The monoisotopic (exact) mass is 328 g/mol. The molecule has 0 amide bonds. The number of benzene rings is 2. The lowest BCUT2D eigenvalue weighted by atomic mass is 9.84. The summed E-state index contributed by atoms with van der Waals surface area (Å²) in [7, 11) is 0. The molecular formula is C20H21FO3. The lowest BCUT2D eigenvalue weighted by molar-refractivity contribution is -0.151. The maximum absolute atomic E-state index is 13.9. The number of hydrogen-bond acceptors (Lipinski definition) is 3. The summed E-state index contributed by atoms with van der Waals surface area (Å²) in [4.78, 5) is 23.9. The summed E-state index contributed by atoms with van der Waals surface area (Å²) in [5.41, 5.74) is 2.10. The van der Waals surface area contributed by atoms with Gasteiger partial charge < -0.3 is 4.74 Å². The smallest absolute Gasteiger partial charge is 0.317 e. The lowest BCUT2D eigenvalue weighted by Crippen LogP contribution is -2.29. The molecule has 0 aliphatic rings. The molecule has 2 unspecified atom stereocenters. The molecule has 0 N–H and O–H groups in total. The molecule has 0 heterocycles. The van der Waals surface area contributed by atoms with Gasteiger partial charge in [0, 0.05) is 11.5 Å². The van der Waals surface area contributed by atoms with Crippen LogP contribution in [0.3, 0.4) is 0 Å². The van der Waals surface area contributed by atoms with Crippen LogP contribution in [0.1, 0.15) is 32.3 Å². The van der Waals surface area contributed by atoms with E-state index in [2.05, 4.69) is 0 Å². The Morgan fingerprint density at radius 2 is 1.71 bits per heavy atom. The van der Waals surface area contributed by atoms with Gasteiger partial charge in [0.25, 0.3) is 0 Å². The number of ether oxygens (including phenoxy) is 1. The topological polar surface area (TPSA) is 43.4 Å². The maximum atomic E-state index is 13.9. The molecule has 0 aromatic heterocycles. The third kappa shape index (κ3) is 3.88. The van der Waals surface area contributed by atoms with Gasteiger partial charge in [0.2, 0.25) is 0 Å². The van der Waals surface area contributed by atoms with Crippen LogP contribution >= 0.6 is 0 Å². The number of hydrogen-bond donors (Lipinski definition) is 0. The fourth-order valence-electron chi connectivity index (χ4n) is 2.81. The molecule has 3 nitrogen and oxygen atoms in total. The molecule has 2 aromatic carbocycles. The molecular weight excluding hydrogens is 307 g/mol. The van der Waals surface area contributed by atoms with Gasteiger partial charge in [-0.15, -0.1) is 0 Å². The molecule has 2 atom stereocenters. The van der Waals surface area contributed by atoms with Gasteiger partial charge in [0.1, 0.15) is 17.5 Å². The first-order valence-electron chi connectivity index (χ1n) is 7.97. The average Bonchev–Trinajstić information content (AvgIpc) is 2.55. The molecule has 4 heteroatoms. The summed E-state index contributed by atoms with van der Waals surface area (Å²) in [6.45, 7) is 5.16. The van der Waals surface area contributed by atoms with E-state index in [9.17, 15) is 14.0 Å². The second-order valence-corrected chi connectivity index (χ2v) is 5.73. The molecule has 0 fully saturated rings. The van der Waals surface area contributed by atoms with Gasteiger partial charge in [-0.3, -0.25) is 9.59 Å². The highest BCUT2D eigenvalue weighted by atomic mass is 19.1. The van der Waals surface area contributed by atoms with Crippen LogP contribution in [0.2, 0.25) is 0 Å². The van der Waals surface area contributed by atoms with Crippen molar-refractivity contribution in [2.45, 2.75) is 26.7 Å². The fourth-order valence-corrected chi connectivity index (χ4v) is 2.81. The Bertz CT molecular complexity index is 722. The molecule has 2 aromatic rings. The Morgan fingerprint density at radius 1 is 1.08 bits per heavy atom. The third-order valence-electron chi connectivity index (χ3n) is 4.10. The van der Waals surface area contributed by atoms with Gasteiger partial charge in [-0.05, 0) is 31.0 Å². The van der Waals surface area contributed by atoms with Crippen molar-refractivity contribution in [1.29, 1.82) is 0 Å². The van der Waals surface area contributed by atoms with Crippen LogP contribution in [-0.2, 0) is 14.3 Å². The Labute approximate surface area is 141 Å². The SMILES string of the molecule is CCOC(=O)C(C(C)=O)C(C)c1ccc(-c2ccccc2F)cc1. The highest BCUT2D eigenvalue weighted by molar-refractivity contribution is 5.98. The standard InChI is InChI=1S/C20H21FO3/c1-4-24-20(23)19(14(3)22)13(2)15-9-11-16(12-10-15)17-7-5-6-8-18(17)21/h5-13,19H,4H2,1-3H3. The zero-order valence-corrected chi connectivity index (χ0v) is 14.1. The van der Waals surface area contributed by atoms with E-state index in [0.717, 1.165) is 11.1 Å². The summed E-state index contributed by atoms with van der Waals surface area (Å²) in [6, 6.07) is 13.8. The van der Waals surface area contributed by atoms with Crippen molar-refractivity contribution >= 4 is 11.8 Å². The van der Waals surface area contributed by atoms with Crippen molar-refractivity contribution in [2.75, 3.05) is 6.61 Å². The molecule has 0 spiro atoms. The summed E-state index contributed by atoms with van der Waals surface area (Å²) < 4.78 is 18.9. The maximum Gasteiger partial charge on any atom is 0.317 e. The zero-order chi connectivity index (χ0) is 17.7. The largest absolute Gasteiger partial charge is 0.465 e. The number of ketones is 1. The highest BCUT2D eigenvalue weighted by Gasteiger charge is 2.31. The molecule has 24 heavy (non-hydrogen) atoms. The number of rotatable bonds is 6. The Morgan fingerprint density at radius 3 is 2.25 bits per heavy atom. The quantitative estimate of drug-likeness (QED) is 0.584. The van der Waals surface area contributed by atoms with E-state index in [1.165, 1.54) is 13.0 Å². The Kier molecular flexibility index (Phi) is 5.85. The zero-order valence-electron chi connectivity index (χ0n) is 14.1. The second kappa shape index (κ2) is 7.86. The number of carbonyl (C=O) groups excluding carboxylic acids is 2. The number of esters is 1. The van der Waals surface area contributed by atoms with Crippen LogP contribution in [0.5, 0.6) is 0 Å². The van der Waals surface area contributed by atoms with E-state index in [1.807, 2.05) is 19.1 Å². The minimum Gasteiger partial charge on any atom is -0.465 e. The summed E-state index contributed by atoms with van der Waals surface area (Å²) >= 11 is 0.